The van der Waals surface area contributed by atoms with E-state index >= 15 is 0 Å². The predicted octanol–water partition coefficient (Wildman–Crippen LogP) is -3.46. The highest BCUT2D eigenvalue weighted by Gasteiger charge is 2.57. The fraction of sp³-hybridized carbons (Fsp3) is 0.667. The number of aliphatic hydroxyl groups excluding tert-OH is 2. The molecule has 0 aliphatic heterocycles. The highest BCUT2D eigenvalue weighted by molar-refractivity contribution is 5.93. The van der Waals surface area contributed by atoms with Gasteiger partial charge in [-0.05, 0) is 0 Å². The van der Waals surface area contributed by atoms with E-state index in [1.165, 1.54) is 0 Å². The molecule has 0 aromatic carbocycles. The second kappa shape index (κ2) is 3.88. The summed E-state index contributed by atoms with van der Waals surface area (Å²) in [4.78, 5) is 21.2. The van der Waals surface area contributed by atoms with Crippen LogP contribution in [0.2, 0.25) is 0 Å². The van der Waals surface area contributed by atoms with E-state index in [1.54, 1.807) is 0 Å². The van der Waals surface area contributed by atoms with Crippen molar-refractivity contribution in [2.75, 3.05) is 13.2 Å². The van der Waals surface area contributed by atoms with Crippen molar-refractivity contribution in [3.8, 4) is 0 Å². The zero-order valence-corrected chi connectivity index (χ0v) is 7.17. The minimum absolute atomic E-state index is 1.20. The Kier molecular flexibility index (Phi) is 3.54. The number of aliphatic hydroxyl groups is 2. The van der Waals surface area contributed by atoms with Gasteiger partial charge in [-0.25, -0.2) is 0 Å². The van der Waals surface area contributed by atoms with Gasteiger partial charge in [0.1, 0.15) is 0 Å². The molecular formula is C6H12N2O6. The van der Waals surface area contributed by atoms with Gasteiger partial charge in [0.15, 0.2) is 11.1 Å². The lowest BCUT2D eigenvalue weighted by molar-refractivity contribution is -0.161. The van der Waals surface area contributed by atoms with Crippen molar-refractivity contribution >= 4 is 11.9 Å². The number of hydrogen-bond acceptors (Lipinski definition) is 6. The minimum atomic E-state index is -2.63. The van der Waals surface area contributed by atoms with E-state index in [-0.39, 0.29) is 0 Å². The fourth-order valence-corrected chi connectivity index (χ4v) is 0.799. The third kappa shape index (κ3) is 1.55. The van der Waals surface area contributed by atoms with E-state index < -0.39 is 36.2 Å². The number of carbonyl (C=O) groups is 2. The van der Waals surface area contributed by atoms with Crippen LogP contribution in [0.1, 0.15) is 0 Å². The maximum absolute atomic E-state index is 10.6. The molecule has 0 heterocycles. The third-order valence-corrected chi connectivity index (χ3v) is 2.06. The van der Waals surface area contributed by atoms with Gasteiger partial charge in [-0.2, -0.15) is 0 Å². The molecule has 0 amide bonds. The Labute approximate surface area is 78.7 Å². The normalized spacial score (nSPS) is 19.4. The molecule has 8 heteroatoms. The molecular weight excluding hydrogens is 196 g/mol. The van der Waals surface area contributed by atoms with Crippen LogP contribution in [0.25, 0.3) is 0 Å². The van der Waals surface area contributed by atoms with Crippen molar-refractivity contribution in [2.45, 2.75) is 11.1 Å². The number of carboxylic acids is 2. The van der Waals surface area contributed by atoms with Gasteiger partial charge in [0.25, 0.3) is 0 Å². The van der Waals surface area contributed by atoms with Gasteiger partial charge >= 0.3 is 11.9 Å². The number of nitrogens with two attached hydrogens (primary N) is 2. The lowest BCUT2D eigenvalue weighted by Crippen LogP contribution is -2.77. The first-order chi connectivity index (χ1) is 6.26. The summed E-state index contributed by atoms with van der Waals surface area (Å²) in [6.45, 7) is -2.41. The molecule has 0 spiro atoms. The van der Waals surface area contributed by atoms with Gasteiger partial charge in [-0.15, -0.1) is 0 Å². The number of aliphatic carboxylic acids is 2. The van der Waals surface area contributed by atoms with Crippen LogP contribution < -0.4 is 11.5 Å². The maximum Gasteiger partial charge on any atom is 0.328 e. The van der Waals surface area contributed by atoms with E-state index in [0.717, 1.165) is 0 Å². The smallest absolute Gasteiger partial charge is 0.328 e. The largest absolute Gasteiger partial charge is 0.480 e. The molecule has 0 aromatic rings. The summed E-state index contributed by atoms with van der Waals surface area (Å²) in [6, 6.07) is 0. The van der Waals surface area contributed by atoms with Gasteiger partial charge < -0.3 is 31.9 Å². The summed E-state index contributed by atoms with van der Waals surface area (Å²) >= 11 is 0. The summed E-state index contributed by atoms with van der Waals surface area (Å²) in [7, 11) is 0. The Bertz CT molecular complexity index is 231. The van der Waals surface area contributed by atoms with Crippen LogP contribution in [0.3, 0.4) is 0 Å². The summed E-state index contributed by atoms with van der Waals surface area (Å²) < 4.78 is 0. The average molecular weight is 208 g/mol. The molecule has 0 aliphatic carbocycles. The molecule has 8 nitrogen and oxygen atoms in total. The van der Waals surface area contributed by atoms with E-state index in [0.29, 0.717) is 0 Å². The Hall–Kier alpha value is -1.22. The molecule has 0 radical (unpaired) electrons. The molecule has 0 bridgehead atoms. The van der Waals surface area contributed by atoms with Crippen LogP contribution in [-0.2, 0) is 9.59 Å². The predicted molar refractivity (Wildman–Crippen MR) is 43.3 cm³/mol. The van der Waals surface area contributed by atoms with Gasteiger partial charge in [-0.3, -0.25) is 9.59 Å². The molecule has 0 aliphatic rings. The molecule has 8 N–H and O–H groups in total. The number of hydrogen-bond donors (Lipinski definition) is 6. The fourth-order valence-electron chi connectivity index (χ4n) is 0.799. The molecule has 0 fully saturated rings. The molecule has 0 rings (SSSR count). The van der Waals surface area contributed by atoms with Crippen LogP contribution in [0.15, 0.2) is 0 Å². The summed E-state index contributed by atoms with van der Waals surface area (Å²) in [5, 5.41) is 34.6. The lowest BCUT2D eigenvalue weighted by Gasteiger charge is -2.36. The Morgan fingerprint density at radius 2 is 1.14 bits per heavy atom. The van der Waals surface area contributed by atoms with Crippen molar-refractivity contribution in [1.82, 2.24) is 0 Å². The lowest BCUT2D eigenvalue weighted by atomic mass is 9.79. The molecule has 2 unspecified atom stereocenters. The zero-order chi connectivity index (χ0) is 11.6. The second-order valence-corrected chi connectivity index (χ2v) is 2.87. The van der Waals surface area contributed by atoms with E-state index in [4.69, 9.17) is 31.9 Å². The van der Waals surface area contributed by atoms with E-state index in [1.807, 2.05) is 0 Å². The van der Waals surface area contributed by atoms with Crippen molar-refractivity contribution in [3.05, 3.63) is 0 Å². The van der Waals surface area contributed by atoms with Crippen molar-refractivity contribution in [1.29, 1.82) is 0 Å². The van der Waals surface area contributed by atoms with E-state index in [9.17, 15) is 9.59 Å². The highest BCUT2D eigenvalue weighted by Crippen LogP contribution is 2.17. The Morgan fingerprint density at radius 3 is 1.21 bits per heavy atom. The molecule has 0 saturated heterocycles. The summed E-state index contributed by atoms with van der Waals surface area (Å²) in [6.07, 6.45) is 0. The second-order valence-electron chi connectivity index (χ2n) is 2.87. The number of rotatable bonds is 5. The van der Waals surface area contributed by atoms with Gasteiger partial charge in [0.05, 0.1) is 13.2 Å². The first-order valence-corrected chi connectivity index (χ1v) is 3.52. The summed E-state index contributed by atoms with van der Waals surface area (Å²) in [5.41, 5.74) is 4.97. The Morgan fingerprint density at radius 1 is 0.929 bits per heavy atom. The zero-order valence-electron chi connectivity index (χ0n) is 7.17. The summed E-state index contributed by atoms with van der Waals surface area (Å²) in [5.74, 6) is -3.61. The highest BCUT2D eigenvalue weighted by atomic mass is 16.4. The molecule has 82 valence electrons. The molecule has 14 heavy (non-hydrogen) atoms. The Balaban J connectivity index is 5.37. The average Bonchev–Trinajstić information content (AvgIpc) is 2.14. The SMILES string of the molecule is NC(CO)(C(=O)O)C(N)(CO)C(=O)O. The van der Waals surface area contributed by atoms with Gasteiger partial charge in [0, 0.05) is 0 Å². The van der Waals surface area contributed by atoms with Crippen molar-refractivity contribution < 1.29 is 30.0 Å². The monoisotopic (exact) mass is 208 g/mol. The first kappa shape index (κ1) is 12.8. The maximum atomic E-state index is 10.6. The molecule has 0 saturated carbocycles. The van der Waals surface area contributed by atoms with E-state index in [2.05, 4.69) is 0 Å². The van der Waals surface area contributed by atoms with Gasteiger partial charge in [0.2, 0.25) is 0 Å². The van der Waals surface area contributed by atoms with Crippen LogP contribution >= 0.6 is 0 Å². The standard InChI is InChI=1S/C6H12N2O6/c7-5(1-9,3(11)12)6(8,2-10)4(13)14/h9-10H,1-2,7-8H2,(H,11,12)(H,13,14). The third-order valence-electron chi connectivity index (χ3n) is 2.06. The topological polar surface area (TPSA) is 167 Å². The van der Waals surface area contributed by atoms with Crippen LogP contribution in [-0.4, -0.2) is 56.7 Å². The van der Waals surface area contributed by atoms with Crippen molar-refractivity contribution in [3.63, 3.8) is 0 Å². The minimum Gasteiger partial charge on any atom is -0.480 e. The molecule has 0 aromatic heterocycles. The number of carboxylic acid groups (broad SMARTS) is 2. The van der Waals surface area contributed by atoms with Crippen LogP contribution in [0.5, 0.6) is 0 Å². The first-order valence-electron chi connectivity index (χ1n) is 3.52. The molecule has 2 atom stereocenters. The van der Waals surface area contributed by atoms with Crippen molar-refractivity contribution in [2.24, 2.45) is 11.5 Å². The van der Waals surface area contributed by atoms with Gasteiger partial charge in [-0.1, -0.05) is 0 Å². The van der Waals surface area contributed by atoms with Crippen LogP contribution in [0, 0.1) is 0 Å². The quantitative estimate of drug-likeness (QED) is 0.271. The van der Waals surface area contributed by atoms with Crippen LogP contribution in [0.4, 0.5) is 0 Å².